The molecule has 9 nitrogen and oxygen atoms in total. The quantitative estimate of drug-likeness (QED) is 0.651. The van der Waals surface area contributed by atoms with Crippen LogP contribution in [0.5, 0.6) is 0 Å². The molecule has 1 heterocycles. The van der Waals surface area contributed by atoms with Crippen molar-refractivity contribution in [2.75, 3.05) is 0 Å². The molecule has 1 aromatic heterocycles. The van der Waals surface area contributed by atoms with Crippen molar-refractivity contribution in [2.45, 2.75) is 0 Å². The third-order valence-corrected chi connectivity index (χ3v) is 1.79. The summed E-state index contributed by atoms with van der Waals surface area (Å²) in [5.41, 5.74) is -1.95. The number of oxazole rings is 1. The predicted octanol–water partition coefficient (Wildman–Crippen LogP) is 1.61. The van der Waals surface area contributed by atoms with Crippen LogP contribution in [0.25, 0.3) is 0 Å². The van der Waals surface area contributed by atoms with Gasteiger partial charge < -0.3 is 4.42 Å². The van der Waals surface area contributed by atoms with E-state index in [-0.39, 0.29) is 0 Å². The molecule has 0 spiro atoms. The van der Waals surface area contributed by atoms with E-state index < -0.39 is 32.8 Å². The molecule has 2 rings (SSSR count). The van der Waals surface area contributed by atoms with Crippen LogP contribution in [0.2, 0.25) is 0 Å². The van der Waals surface area contributed by atoms with E-state index in [0.29, 0.717) is 0 Å². The topological polar surface area (TPSA) is 132 Å². The molecule has 100 valence electrons. The summed E-state index contributed by atoms with van der Waals surface area (Å²) in [6.45, 7) is 0. The summed E-state index contributed by atoms with van der Waals surface area (Å²) in [6.07, 6.45) is 2.73. The summed E-state index contributed by atoms with van der Waals surface area (Å²) in [4.78, 5) is 30.4. The number of aromatic amines is 1. The predicted molar refractivity (Wildman–Crippen MR) is 59.0 cm³/mol. The van der Waals surface area contributed by atoms with Gasteiger partial charge >= 0.3 is 17.1 Å². The number of hydrogen-bond acceptors (Lipinski definition) is 6. The Morgan fingerprint density at radius 1 is 1.21 bits per heavy atom. The Kier molecular flexibility index (Phi) is 4.46. The molecular formula is C9H6FN3O6. The van der Waals surface area contributed by atoms with Crippen molar-refractivity contribution in [1.82, 2.24) is 4.98 Å². The van der Waals surface area contributed by atoms with Gasteiger partial charge in [0, 0.05) is 12.3 Å². The van der Waals surface area contributed by atoms with Crippen LogP contribution in [0.15, 0.2) is 39.9 Å². The van der Waals surface area contributed by atoms with Crippen molar-refractivity contribution in [2.24, 2.45) is 0 Å². The van der Waals surface area contributed by atoms with E-state index in [9.17, 15) is 29.4 Å². The standard InChI is InChI=1S/C6H3FN2O4.C3H3NO2/c7-4-2-1-3-5(8(10)11)6(4)9(12)13;5-3-4-1-2-6-3/h1-3H;1-2H,(H,4,5). The van der Waals surface area contributed by atoms with Crippen LogP contribution in [0, 0.1) is 26.0 Å². The normalized spacial score (nSPS) is 9.32. The summed E-state index contributed by atoms with van der Waals surface area (Å²) >= 11 is 0. The van der Waals surface area contributed by atoms with Crippen molar-refractivity contribution in [1.29, 1.82) is 0 Å². The Hall–Kier alpha value is -3.04. The number of H-pyrrole nitrogens is 1. The minimum Gasteiger partial charge on any atom is -0.417 e. The largest absolute Gasteiger partial charge is 0.417 e. The van der Waals surface area contributed by atoms with E-state index in [2.05, 4.69) is 9.40 Å². The Labute approximate surface area is 103 Å². The lowest BCUT2D eigenvalue weighted by atomic mass is 10.2. The maximum Gasteiger partial charge on any atom is 0.416 e. The van der Waals surface area contributed by atoms with Crippen molar-refractivity contribution in [3.63, 3.8) is 0 Å². The van der Waals surface area contributed by atoms with Gasteiger partial charge in [0.25, 0.3) is 0 Å². The van der Waals surface area contributed by atoms with Crippen LogP contribution >= 0.6 is 0 Å². The highest BCUT2D eigenvalue weighted by Gasteiger charge is 2.28. The first kappa shape index (κ1) is 14.0. The van der Waals surface area contributed by atoms with Crippen molar-refractivity contribution >= 4 is 11.4 Å². The number of nitrogens with one attached hydrogen (secondary N) is 1. The Balaban J connectivity index is 0.000000250. The van der Waals surface area contributed by atoms with E-state index in [1.165, 1.54) is 12.5 Å². The fourth-order valence-electron chi connectivity index (χ4n) is 1.06. The highest BCUT2D eigenvalue weighted by molar-refractivity contribution is 5.52. The number of para-hydroxylation sites is 1. The second kappa shape index (κ2) is 6.05. The van der Waals surface area contributed by atoms with E-state index >= 15 is 0 Å². The first-order chi connectivity index (χ1) is 8.93. The number of aromatic nitrogens is 1. The summed E-state index contributed by atoms with van der Waals surface area (Å²) in [5, 5.41) is 20.4. The van der Waals surface area contributed by atoms with Crippen LogP contribution in [0.3, 0.4) is 0 Å². The molecule has 0 aliphatic carbocycles. The van der Waals surface area contributed by atoms with E-state index in [0.717, 1.165) is 18.2 Å². The number of benzene rings is 1. The van der Waals surface area contributed by atoms with E-state index in [1.807, 2.05) is 0 Å². The van der Waals surface area contributed by atoms with Gasteiger partial charge in [-0.1, -0.05) is 6.07 Å². The van der Waals surface area contributed by atoms with Crippen LogP contribution < -0.4 is 5.76 Å². The molecule has 0 fully saturated rings. The fourth-order valence-corrected chi connectivity index (χ4v) is 1.06. The summed E-state index contributed by atoms with van der Waals surface area (Å²) in [6, 6.07) is 2.72. The van der Waals surface area contributed by atoms with E-state index in [4.69, 9.17) is 0 Å². The van der Waals surface area contributed by atoms with Crippen LogP contribution in [-0.2, 0) is 0 Å². The number of nitro benzene ring substituents is 2. The third-order valence-electron chi connectivity index (χ3n) is 1.79. The maximum absolute atomic E-state index is 12.7. The van der Waals surface area contributed by atoms with Gasteiger partial charge in [-0.15, -0.1) is 0 Å². The number of nitrogens with zero attached hydrogens (tertiary/aromatic N) is 2. The lowest BCUT2D eigenvalue weighted by molar-refractivity contribution is -0.424. The zero-order chi connectivity index (χ0) is 14.4. The first-order valence-electron chi connectivity index (χ1n) is 4.63. The van der Waals surface area contributed by atoms with Crippen LogP contribution in [0.1, 0.15) is 0 Å². The second-order valence-electron chi connectivity index (χ2n) is 2.97. The molecule has 10 heteroatoms. The minimum absolute atomic E-state index is 0.407. The molecule has 0 saturated heterocycles. The molecule has 19 heavy (non-hydrogen) atoms. The van der Waals surface area contributed by atoms with Gasteiger partial charge in [0.1, 0.15) is 6.26 Å². The molecule has 1 N–H and O–H groups in total. The lowest BCUT2D eigenvalue weighted by Crippen LogP contribution is -1.98. The van der Waals surface area contributed by atoms with Crippen LogP contribution in [0.4, 0.5) is 15.8 Å². The van der Waals surface area contributed by atoms with Gasteiger partial charge in [0.05, 0.1) is 9.85 Å². The summed E-state index contributed by atoms with van der Waals surface area (Å²) in [5.74, 6) is -1.62. The molecule has 0 atom stereocenters. The molecule has 0 unspecified atom stereocenters. The highest BCUT2D eigenvalue weighted by atomic mass is 19.1. The number of hydrogen-bond donors (Lipinski definition) is 1. The highest BCUT2D eigenvalue weighted by Crippen LogP contribution is 2.28. The van der Waals surface area contributed by atoms with Gasteiger partial charge in [-0.3, -0.25) is 25.2 Å². The zero-order valence-corrected chi connectivity index (χ0v) is 9.11. The van der Waals surface area contributed by atoms with Crippen molar-refractivity contribution < 1.29 is 18.7 Å². The zero-order valence-electron chi connectivity index (χ0n) is 9.11. The van der Waals surface area contributed by atoms with Crippen LogP contribution in [-0.4, -0.2) is 14.8 Å². The number of rotatable bonds is 2. The van der Waals surface area contributed by atoms with E-state index in [1.54, 1.807) is 0 Å². The van der Waals surface area contributed by atoms with Gasteiger partial charge in [-0.05, 0) is 6.07 Å². The molecule has 0 amide bonds. The fraction of sp³-hybridized carbons (Fsp3) is 0. The molecule has 2 aromatic rings. The number of nitro groups is 2. The van der Waals surface area contributed by atoms with Gasteiger partial charge in [0.2, 0.25) is 5.82 Å². The maximum atomic E-state index is 12.7. The lowest BCUT2D eigenvalue weighted by Gasteiger charge is -1.94. The Morgan fingerprint density at radius 3 is 2.21 bits per heavy atom. The number of halogens is 1. The van der Waals surface area contributed by atoms with Gasteiger partial charge in [-0.25, -0.2) is 4.79 Å². The SMILES string of the molecule is O=[N+]([O-])c1cccc(F)c1[N+](=O)[O-].O=c1[nH]cco1. The third kappa shape index (κ3) is 3.73. The average Bonchev–Trinajstić information content (AvgIpc) is 2.80. The Morgan fingerprint density at radius 2 is 1.89 bits per heavy atom. The minimum atomic E-state index is -1.21. The summed E-state index contributed by atoms with van der Waals surface area (Å²) in [7, 11) is 0. The molecule has 0 aliphatic rings. The smallest absolute Gasteiger partial charge is 0.416 e. The average molecular weight is 271 g/mol. The van der Waals surface area contributed by atoms with Crippen molar-refractivity contribution in [3.8, 4) is 0 Å². The Bertz CT molecular complexity index is 633. The molecule has 0 bridgehead atoms. The van der Waals surface area contributed by atoms with Gasteiger partial charge in [0.15, 0.2) is 0 Å². The first-order valence-corrected chi connectivity index (χ1v) is 4.63. The second-order valence-corrected chi connectivity index (χ2v) is 2.97. The monoisotopic (exact) mass is 271 g/mol. The summed E-state index contributed by atoms with van der Waals surface area (Å²) < 4.78 is 16.9. The molecule has 0 radical (unpaired) electrons. The molecule has 1 aromatic carbocycles. The molecule has 0 aliphatic heterocycles. The van der Waals surface area contributed by atoms with Crippen molar-refractivity contribution in [3.05, 3.63) is 67.3 Å². The molecule has 0 saturated carbocycles. The molecular weight excluding hydrogens is 265 g/mol. The van der Waals surface area contributed by atoms with Gasteiger partial charge in [-0.2, -0.15) is 4.39 Å².